The van der Waals surface area contributed by atoms with Crippen LogP contribution in [0.4, 0.5) is 0 Å². The SMILES string of the molecule is O=C(Cn1c(=O)c(=O)n(Cc2ccccc2)c2ccccc21)N[C@H]1CCCc2ccccc21. The van der Waals surface area contributed by atoms with Crippen molar-refractivity contribution in [3.8, 4) is 0 Å². The summed E-state index contributed by atoms with van der Waals surface area (Å²) < 4.78 is 2.78. The summed E-state index contributed by atoms with van der Waals surface area (Å²) in [4.78, 5) is 39.1. The number of carbonyl (C=O) groups is 1. The Labute approximate surface area is 191 Å². The van der Waals surface area contributed by atoms with Crippen LogP contribution in [0.15, 0.2) is 88.5 Å². The van der Waals surface area contributed by atoms with E-state index in [0.29, 0.717) is 17.6 Å². The average molecular weight is 440 g/mol. The van der Waals surface area contributed by atoms with Gasteiger partial charge in [0.15, 0.2) is 0 Å². The van der Waals surface area contributed by atoms with Crippen LogP contribution >= 0.6 is 0 Å². The molecule has 1 heterocycles. The molecule has 0 radical (unpaired) electrons. The van der Waals surface area contributed by atoms with Gasteiger partial charge in [-0.25, -0.2) is 0 Å². The van der Waals surface area contributed by atoms with Crippen molar-refractivity contribution in [1.82, 2.24) is 14.5 Å². The van der Waals surface area contributed by atoms with Crippen LogP contribution in [0.2, 0.25) is 0 Å². The zero-order valence-corrected chi connectivity index (χ0v) is 18.2. The molecule has 3 aromatic carbocycles. The van der Waals surface area contributed by atoms with Gasteiger partial charge >= 0.3 is 11.1 Å². The molecule has 0 spiro atoms. The first-order valence-electron chi connectivity index (χ1n) is 11.3. The van der Waals surface area contributed by atoms with Crippen molar-refractivity contribution in [2.45, 2.75) is 38.4 Å². The van der Waals surface area contributed by atoms with Crippen molar-refractivity contribution < 1.29 is 4.79 Å². The van der Waals surface area contributed by atoms with Crippen LogP contribution in [-0.4, -0.2) is 15.0 Å². The molecule has 4 aromatic rings. The highest BCUT2D eigenvalue weighted by molar-refractivity contribution is 5.80. The summed E-state index contributed by atoms with van der Waals surface area (Å²) in [6.45, 7) is 0.0980. The third kappa shape index (κ3) is 4.12. The number of nitrogens with zero attached hydrogens (tertiary/aromatic N) is 2. The van der Waals surface area contributed by atoms with Crippen molar-refractivity contribution in [1.29, 1.82) is 0 Å². The predicted molar refractivity (Wildman–Crippen MR) is 128 cm³/mol. The Morgan fingerprint density at radius 1 is 0.818 bits per heavy atom. The van der Waals surface area contributed by atoms with Crippen molar-refractivity contribution in [2.24, 2.45) is 0 Å². The van der Waals surface area contributed by atoms with Crippen LogP contribution in [0, 0.1) is 0 Å². The van der Waals surface area contributed by atoms with Gasteiger partial charge in [-0.15, -0.1) is 0 Å². The van der Waals surface area contributed by atoms with E-state index in [2.05, 4.69) is 11.4 Å². The van der Waals surface area contributed by atoms with Crippen molar-refractivity contribution in [3.63, 3.8) is 0 Å². The van der Waals surface area contributed by atoms with E-state index in [1.165, 1.54) is 14.7 Å². The van der Waals surface area contributed by atoms with Gasteiger partial charge in [-0.1, -0.05) is 66.7 Å². The molecule has 33 heavy (non-hydrogen) atoms. The minimum absolute atomic E-state index is 0.0807. The van der Waals surface area contributed by atoms with Crippen LogP contribution in [0.25, 0.3) is 11.0 Å². The highest BCUT2D eigenvalue weighted by Crippen LogP contribution is 2.29. The number of amides is 1. The van der Waals surface area contributed by atoms with Crippen molar-refractivity contribution in [2.75, 3.05) is 0 Å². The topological polar surface area (TPSA) is 73.1 Å². The summed E-state index contributed by atoms with van der Waals surface area (Å²) in [7, 11) is 0. The first-order chi connectivity index (χ1) is 16.1. The molecule has 6 heteroatoms. The molecule has 1 N–H and O–H groups in total. The lowest BCUT2D eigenvalue weighted by Gasteiger charge is -2.26. The number of nitrogens with one attached hydrogen (secondary N) is 1. The molecule has 0 saturated carbocycles. The third-order valence-electron chi connectivity index (χ3n) is 6.33. The second-order valence-electron chi connectivity index (χ2n) is 8.47. The number of aryl methyl sites for hydroxylation is 1. The Morgan fingerprint density at radius 3 is 2.24 bits per heavy atom. The van der Waals surface area contributed by atoms with Gasteiger partial charge in [0.25, 0.3) is 0 Å². The standard InChI is InChI=1S/C27H25N3O3/c31-25(28-22-14-8-12-20-11-4-5-13-21(20)22)18-30-24-16-7-6-15-23(24)29(26(32)27(30)33)17-19-9-2-1-3-10-19/h1-7,9-11,13,15-16,22H,8,12,14,17-18H2,(H,28,31)/t22-/m0/s1. The molecule has 6 nitrogen and oxygen atoms in total. The number of fused-ring (bicyclic) bond motifs is 2. The van der Waals surface area contributed by atoms with E-state index in [1.807, 2.05) is 66.7 Å². The molecule has 1 atom stereocenters. The number of hydrogen-bond donors (Lipinski definition) is 1. The van der Waals surface area contributed by atoms with E-state index in [-0.39, 0.29) is 18.5 Å². The second kappa shape index (κ2) is 8.90. The fraction of sp³-hybridized carbons (Fsp3) is 0.222. The first kappa shape index (κ1) is 20.9. The molecule has 166 valence electrons. The van der Waals surface area contributed by atoms with Crippen molar-refractivity contribution >= 4 is 16.9 Å². The summed E-state index contributed by atoms with van der Waals surface area (Å²) >= 11 is 0. The van der Waals surface area contributed by atoms with Crippen LogP contribution < -0.4 is 16.4 Å². The van der Waals surface area contributed by atoms with Gasteiger partial charge in [0.05, 0.1) is 23.6 Å². The molecule has 0 bridgehead atoms. The molecule has 0 saturated heterocycles. The molecule has 0 unspecified atom stereocenters. The van der Waals surface area contributed by atoms with Gasteiger partial charge in [-0.2, -0.15) is 0 Å². The summed E-state index contributed by atoms with van der Waals surface area (Å²) in [6, 6.07) is 24.8. The van der Waals surface area contributed by atoms with Crippen LogP contribution in [0.5, 0.6) is 0 Å². The van der Waals surface area contributed by atoms with E-state index in [4.69, 9.17) is 0 Å². The highest BCUT2D eigenvalue weighted by atomic mass is 16.2. The molecule has 1 aliphatic rings. The Bertz CT molecular complexity index is 1440. The summed E-state index contributed by atoms with van der Waals surface area (Å²) in [5.74, 6) is -0.274. The molecule has 0 aliphatic heterocycles. The summed E-state index contributed by atoms with van der Waals surface area (Å²) in [5, 5.41) is 3.08. The Kier molecular flexibility index (Phi) is 5.65. The Hall–Kier alpha value is -3.93. The monoisotopic (exact) mass is 439 g/mol. The van der Waals surface area contributed by atoms with E-state index in [9.17, 15) is 14.4 Å². The fourth-order valence-electron chi connectivity index (χ4n) is 4.74. The van der Waals surface area contributed by atoms with E-state index >= 15 is 0 Å². The van der Waals surface area contributed by atoms with E-state index in [1.54, 1.807) is 6.07 Å². The van der Waals surface area contributed by atoms with Gasteiger partial charge in [0, 0.05) is 0 Å². The summed E-state index contributed by atoms with van der Waals surface area (Å²) in [5.41, 5.74) is 3.18. The number of hydrogen-bond acceptors (Lipinski definition) is 3. The quantitative estimate of drug-likeness (QED) is 0.485. The third-order valence-corrected chi connectivity index (χ3v) is 6.33. The summed E-state index contributed by atoms with van der Waals surface area (Å²) in [6.07, 6.45) is 2.86. The molecular weight excluding hydrogens is 414 g/mol. The maximum absolute atomic E-state index is 13.1. The van der Waals surface area contributed by atoms with Gasteiger partial charge < -0.3 is 5.32 Å². The number of para-hydroxylation sites is 2. The minimum atomic E-state index is -0.691. The van der Waals surface area contributed by atoms with Crippen LogP contribution in [0.3, 0.4) is 0 Å². The van der Waals surface area contributed by atoms with E-state index < -0.39 is 11.1 Å². The Morgan fingerprint density at radius 2 is 1.45 bits per heavy atom. The smallest absolute Gasteiger partial charge is 0.317 e. The molecule has 1 aliphatic carbocycles. The van der Waals surface area contributed by atoms with Crippen LogP contribution in [0.1, 0.15) is 35.6 Å². The molecule has 1 aromatic heterocycles. The number of aromatic nitrogens is 2. The normalized spacial score (nSPS) is 15.2. The van der Waals surface area contributed by atoms with Gasteiger partial charge in [-0.3, -0.25) is 23.5 Å². The molecular formula is C27H25N3O3. The lowest BCUT2D eigenvalue weighted by atomic mass is 9.88. The average Bonchev–Trinajstić information content (AvgIpc) is 2.85. The second-order valence-corrected chi connectivity index (χ2v) is 8.47. The zero-order valence-electron chi connectivity index (χ0n) is 18.2. The van der Waals surface area contributed by atoms with Crippen molar-refractivity contribution in [3.05, 3.63) is 116 Å². The largest absolute Gasteiger partial charge is 0.348 e. The molecule has 5 rings (SSSR count). The number of benzene rings is 3. The highest BCUT2D eigenvalue weighted by Gasteiger charge is 2.22. The first-order valence-corrected chi connectivity index (χ1v) is 11.3. The zero-order chi connectivity index (χ0) is 22.8. The Balaban J connectivity index is 1.48. The predicted octanol–water partition coefficient (Wildman–Crippen LogP) is 3.41. The molecule has 1 amide bonds. The van der Waals surface area contributed by atoms with Gasteiger partial charge in [-0.05, 0) is 48.1 Å². The maximum atomic E-state index is 13.1. The number of carbonyl (C=O) groups excluding carboxylic acids is 1. The lowest BCUT2D eigenvalue weighted by Crippen LogP contribution is -2.44. The number of rotatable bonds is 5. The molecule has 0 fully saturated rings. The fourth-order valence-corrected chi connectivity index (χ4v) is 4.74. The van der Waals surface area contributed by atoms with Gasteiger partial charge in [0.1, 0.15) is 6.54 Å². The van der Waals surface area contributed by atoms with E-state index in [0.717, 1.165) is 30.4 Å². The van der Waals surface area contributed by atoms with Gasteiger partial charge in [0.2, 0.25) is 5.91 Å². The minimum Gasteiger partial charge on any atom is -0.348 e. The lowest BCUT2D eigenvalue weighted by molar-refractivity contribution is -0.122. The van der Waals surface area contributed by atoms with Crippen LogP contribution in [-0.2, 0) is 24.3 Å². The maximum Gasteiger partial charge on any atom is 0.317 e.